The van der Waals surface area contributed by atoms with Gasteiger partial charge in [0.2, 0.25) is 0 Å². The minimum atomic E-state index is 0.551. The van der Waals surface area contributed by atoms with E-state index >= 15 is 0 Å². The molecule has 0 heteroatoms. The Balaban J connectivity index is 0.000000131. The minimum Gasteiger partial charge on any atom is -0.0845 e. The lowest BCUT2D eigenvalue weighted by atomic mass is 9.44. The molecule has 20 rings (SSSR count). The van der Waals surface area contributed by atoms with Crippen molar-refractivity contribution in [2.45, 2.75) is 612 Å². The van der Waals surface area contributed by atoms with E-state index in [0.29, 0.717) is 54.1 Å². The fourth-order valence-corrected chi connectivity index (χ4v) is 47.2. The largest absolute Gasteiger partial charge is 0.0845 e. The van der Waals surface area contributed by atoms with Crippen LogP contribution in [0.4, 0.5) is 0 Å². The highest BCUT2D eigenvalue weighted by molar-refractivity contribution is 5.29. The molecule has 0 nitrogen and oxygen atoms in total. The summed E-state index contributed by atoms with van der Waals surface area (Å²) in [6.07, 6.45) is 102. The van der Waals surface area contributed by atoms with Crippen molar-refractivity contribution in [2.75, 3.05) is 0 Å². The van der Waals surface area contributed by atoms with Gasteiger partial charge in [0.25, 0.3) is 0 Å². The molecular formula is C146H256. The van der Waals surface area contributed by atoms with Crippen LogP contribution < -0.4 is 0 Å². The third kappa shape index (κ3) is 23.8. The van der Waals surface area contributed by atoms with Gasteiger partial charge >= 0.3 is 0 Å². The first kappa shape index (κ1) is 118. The Morgan fingerprint density at radius 1 is 0.233 bits per heavy atom. The second-order valence-electron chi connectivity index (χ2n) is 65.5. The summed E-state index contributed by atoms with van der Waals surface area (Å²) in [5.74, 6) is 36.6. The third-order valence-electron chi connectivity index (χ3n) is 55.9. The van der Waals surface area contributed by atoms with Gasteiger partial charge in [0.05, 0.1) is 0 Å². The van der Waals surface area contributed by atoms with Crippen LogP contribution in [0.1, 0.15) is 612 Å². The highest BCUT2D eigenvalue weighted by atomic mass is 14.7. The standard InChI is InChI=1S/C30H54.C30H52.C29H52.C29H50.C28H48/c2*1-7-9-23-16-18-29(5)24(20-23)12-13-25-27-15-14-26(22(4)11-8-10-21(2)3)30(27,6)19-17-28(25)29;2*1-7-22-15-17-28(5)23(19-22)11-12-24-26-14-13-25(21(4)10-8-9-20(2)3)29(26,6)18-16-27(24)28;1-19(2)8-7-9-21(4)24-12-13-25-23-11-10-22-18-20(3)14-16-27(22,5)26(23)15-17-28(24,25)6/h21-28H,7-20H2,1-6H3;12,21-23,25-28H,7-11,13-20H2,1-6H3;20-27H,7-19H2,1-6H3;11,20-22,24-27H,7-10,12-19H2,1-6H3;10,19-21,23-26H,7-9,11-18H2,1-6H3/t22-,23+,24+,25+,26-,27+,28+,29+,30-;22-,23-,25+,26-,27+,28+,29+,30-;21-,22+,23+,24+,25-,26+,27+,28+,29-;21-,22-,24+,25-,26+,27+,28+,29-;20-,21-,23+,24-,25+,26+,27+,28-/m11111/s1. The fraction of sp³-hybridized carbons (Fsp3) is 0.959. The summed E-state index contributed by atoms with van der Waals surface area (Å²) in [6, 6.07) is 0. The first-order chi connectivity index (χ1) is 69.4. The van der Waals surface area contributed by atoms with Gasteiger partial charge in [0.1, 0.15) is 0 Å². The van der Waals surface area contributed by atoms with E-state index in [9.17, 15) is 0 Å². The van der Waals surface area contributed by atoms with Gasteiger partial charge < -0.3 is 0 Å². The topological polar surface area (TPSA) is 0 Å². The Kier molecular flexibility index (Phi) is 39.6. The van der Waals surface area contributed by atoms with Gasteiger partial charge in [-0.3, -0.25) is 0 Å². The molecule has 20 aliphatic rings. The molecule has 0 spiro atoms. The van der Waals surface area contributed by atoms with Crippen molar-refractivity contribution in [2.24, 2.45) is 273 Å². The number of hydrogen-bond donors (Lipinski definition) is 0. The smallest absolute Gasteiger partial charge is 0.00851 e. The zero-order valence-electron chi connectivity index (χ0n) is 104. The van der Waals surface area contributed by atoms with Gasteiger partial charge in [-0.05, 0) is 543 Å². The molecule has 0 aromatic heterocycles. The van der Waals surface area contributed by atoms with E-state index in [1.807, 2.05) is 16.7 Å². The molecule has 0 saturated heterocycles. The van der Waals surface area contributed by atoms with Gasteiger partial charge in [-0.2, -0.15) is 0 Å². The summed E-state index contributed by atoms with van der Waals surface area (Å²) in [4.78, 5) is 0. The number of fused-ring (bicyclic) bond motifs is 25. The molecule has 0 amide bonds. The first-order valence-electron chi connectivity index (χ1n) is 68.5. The zero-order chi connectivity index (χ0) is 105. The molecule has 840 valence electrons. The van der Waals surface area contributed by atoms with Crippen molar-refractivity contribution in [3.8, 4) is 0 Å². The van der Waals surface area contributed by atoms with Gasteiger partial charge in [-0.25, -0.2) is 0 Å². The first-order valence-corrected chi connectivity index (χ1v) is 68.5. The van der Waals surface area contributed by atoms with Gasteiger partial charge in [0.15, 0.2) is 0 Å². The average molecular weight is 2010 g/mol. The van der Waals surface area contributed by atoms with Gasteiger partial charge in [-0.15, -0.1) is 0 Å². The molecule has 20 aliphatic carbocycles. The third-order valence-corrected chi connectivity index (χ3v) is 55.9. The van der Waals surface area contributed by atoms with E-state index in [1.165, 1.54) is 295 Å². The van der Waals surface area contributed by atoms with Crippen molar-refractivity contribution < 1.29 is 0 Å². The van der Waals surface area contributed by atoms with Crippen LogP contribution in [0.25, 0.3) is 0 Å². The molecular weight excluding hydrogens is 1750 g/mol. The van der Waals surface area contributed by atoms with Gasteiger partial charge in [-0.1, -0.05) is 377 Å². The summed E-state index contributed by atoms with van der Waals surface area (Å²) in [5.41, 5.74) is 11.9. The normalized spacial score (nSPS) is 46.2. The summed E-state index contributed by atoms with van der Waals surface area (Å²) >= 11 is 0. The van der Waals surface area contributed by atoms with Crippen molar-refractivity contribution in [1.82, 2.24) is 0 Å². The van der Waals surface area contributed by atoms with Crippen molar-refractivity contribution in [3.05, 3.63) is 34.9 Å². The van der Waals surface area contributed by atoms with E-state index in [4.69, 9.17) is 0 Å². The van der Waals surface area contributed by atoms with Crippen LogP contribution >= 0.6 is 0 Å². The number of hydrogen-bond acceptors (Lipinski definition) is 0. The maximum Gasteiger partial charge on any atom is -0.00851 e. The van der Waals surface area contributed by atoms with Crippen LogP contribution in [0.15, 0.2) is 34.9 Å². The van der Waals surface area contributed by atoms with Crippen molar-refractivity contribution in [3.63, 3.8) is 0 Å². The quantitative estimate of drug-likeness (QED) is 0.0607. The van der Waals surface area contributed by atoms with Crippen LogP contribution in [0.2, 0.25) is 0 Å². The Labute approximate surface area is 913 Å². The Morgan fingerprint density at radius 2 is 0.486 bits per heavy atom. The van der Waals surface area contributed by atoms with Crippen LogP contribution in [0.3, 0.4) is 0 Å². The Morgan fingerprint density at radius 3 is 0.801 bits per heavy atom. The summed E-state index contributed by atoms with van der Waals surface area (Å²) in [6.45, 7) is 76.4. The SMILES string of the molecule is CC(C)CCC[C@@H](C)[C@H]1CC[C@H]2[C@@H]3CC=C4C[C@H](C)CC[C@]4(C)[C@H]3CC[C@]12C.CCC[C@@H]1CC[C@@]2(C)C(=CC[C@H]3[C@@H]4CC[C@H]([C@H](C)CCCC(C)C)[C@@]4(C)CC[C@@H]32)C1.CCC[C@H]1CC[C@@]2(C)[C@@H](CC[C@@H]3[C@@H]2CC[C@]2(C)[C@@H]([C@H](C)CCCC(C)C)CC[C@@H]32)C1.CC[C@@H]1CC[C@@]2(C)C(=CC[C@H]3[C@@H]4CC[C@H]([C@H](C)CCCC(C)C)[C@@]4(C)CC[C@@H]32)C1.CC[C@H]1CC[C@@]2(C)[C@@H](CC[C@@H]3[C@@H]2CC[C@]2(C)[C@@H]([C@H](C)CCCC(C)C)CC[C@@H]32)C1. The highest BCUT2D eigenvalue weighted by Crippen LogP contribution is 2.76. The van der Waals surface area contributed by atoms with E-state index in [1.54, 1.807) is 109 Å². The molecule has 0 unspecified atom stereocenters. The number of rotatable bonds is 31. The molecule has 0 aliphatic heterocycles. The molecule has 146 heavy (non-hydrogen) atoms. The molecule has 42 atom stereocenters. The monoisotopic (exact) mass is 2010 g/mol. The minimum absolute atomic E-state index is 0.551. The summed E-state index contributed by atoms with van der Waals surface area (Å²) in [5, 5.41) is 0. The molecule has 17 saturated carbocycles. The molecule has 17 fully saturated rings. The van der Waals surface area contributed by atoms with Crippen LogP contribution in [0.5, 0.6) is 0 Å². The lowest BCUT2D eigenvalue weighted by molar-refractivity contribution is -0.121. The van der Waals surface area contributed by atoms with E-state index in [2.05, 4.69) is 226 Å². The molecule has 0 radical (unpaired) electrons. The van der Waals surface area contributed by atoms with E-state index in [-0.39, 0.29) is 0 Å². The second kappa shape index (κ2) is 49.2. The zero-order valence-corrected chi connectivity index (χ0v) is 104. The predicted octanol–water partition coefficient (Wildman–Crippen LogP) is 45.8. The van der Waals surface area contributed by atoms with E-state index in [0.717, 1.165) is 219 Å². The lowest BCUT2D eigenvalue weighted by Crippen LogP contribution is -2.53. The molecule has 0 aromatic rings. The Hall–Kier alpha value is -0.780. The van der Waals surface area contributed by atoms with E-state index < -0.39 is 0 Å². The van der Waals surface area contributed by atoms with Crippen LogP contribution in [-0.2, 0) is 0 Å². The molecule has 0 N–H and O–H groups in total. The van der Waals surface area contributed by atoms with Crippen molar-refractivity contribution >= 4 is 0 Å². The van der Waals surface area contributed by atoms with Crippen molar-refractivity contribution in [1.29, 1.82) is 0 Å². The predicted molar refractivity (Wildman–Crippen MR) is 639 cm³/mol. The number of allylic oxidation sites excluding steroid dienone is 6. The Bertz CT molecular complexity index is 4110. The van der Waals surface area contributed by atoms with Gasteiger partial charge in [0, 0.05) is 0 Å². The second-order valence-corrected chi connectivity index (χ2v) is 65.5. The van der Waals surface area contributed by atoms with Crippen LogP contribution in [-0.4, -0.2) is 0 Å². The maximum atomic E-state index is 2.79. The van der Waals surface area contributed by atoms with Crippen LogP contribution in [0, 0.1) is 273 Å². The highest BCUT2D eigenvalue weighted by Gasteiger charge is 2.67. The molecule has 0 bridgehead atoms. The molecule has 0 aromatic carbocycles. The average Bonchev–Trinajstić information content (AvgIpc) is 1.45. The molecule has 0 heterocycles. The summed E-state index contributed by atoms with van der Waals surface area (Å²) < 4.78 is 0. The summed E-state index contributed by atoms with van der Waals surface area (Å²) in [7, 11) is 0. The fourth-order valence-electron chi connectivity index (χ4n) is 47.2. The maximum absolute atomic E-state index is 2.79. The lowest BCUT2D eigenvalue weighted by Gasteiger charge is -2.61.